The smallest absolute Gasteiger partial charge is 0.418 e. The molecule has 0 spiro atoms. The number of aromatic nitrogens is 1. The van der Waals surface area contributed by atoms with Crippen LogP contribution in [-0.2, 0) is 6.18 Å². The van der Waals surface area contributed by atoms with Gasteiger partial charge in [-0.3, -0.25) is 9.78 Å². The number of rotatable bonds is 4. The highest BCUT2D eigenvalue weighted by atomic mass is 19.4. The minimum Gasteiger partial charge on any atom is -0.496 e. The maximum atomic E-state index is 13.3. The van der Waals surface area contributed by atoms with E-state index in [2.05, 4.69) is 10.3 Å². The van der Waals surface area contributed by atoms with E-state index < -0.39 is 17.6 Å². The molecule has 7 heteroatoms. The van der Waals surface area contributed by atoms with Crippen molar-refractivity contribution < 1.29 is 22.7 Å². The summed E-state index contributed by atoms with van der Waals surface area (Å²) in [5.41, 5.74) is -0.109. The third kappa shape index (κ3) is 4.08. The van der Waals surface area contributed by atoms with Gasteiger partial charge < -0.3 is 10.1 Å². The van der Waals surface area contributed by atoms with Gasteiger partial charge in [-0.15, -0.1) is 0 Å². The average Bonchev–Trinajstić information content (AvgIpc) is 2.67. The summed E-state index contributed by atoms with van der Waals surface area (Å²) in [4.78, 5) is 16.3. The lowest BCUT2D eigenvalue weighted by molar-refractivity contribution is -0.137. The van der Waals surface area contributed by atoms with Crippen LogP contribution < -0.4 is 10.1 Å². The average molecular weight is 372 g/mol. The van der Waals surface area contributed by atoms with E-state index in [-0.39, 0.29) is 22.6 Å². The van der Waals surface area contributed by atoms with Gasteiger partial charge in [-0.25, -0.2) is 0 Å². The molecule has 0 atom stereocenters. The fourth-order valence-electron chi connectivity index (χ4n) is 2.60. The monoisotopic (exact) mass is 372 g/mol. The Morgan fingerprint density at radius 1 is 1.04 bits per heavy atom. The van der Waals surface area contributed by atoms with Crippen molar-refractivity contribution in [2.75, 3.05) is 12.4 Å². The summed E-state index contributed by atoms with van der Waals surface area (Å²) in [5, 5.41) is 2.71. The second-order valence-corrected chi connectivity index (χ2v) is 5.63. The minimum atomic E-state index is -4.56. The molecule has 4 nitrogen and oxygen atoms in total. The Bertz CT molecular complexity index is 957. The summed E-state index contributed by atoms with van der Waals surface area (Å²) < 4.78 is 45.0. The number of amides is 1. The zero-order chi connectivity index (χ0) is 19.4. The summed E-state index contributed by atoms with van der Waals surface area (Å²) in [6, 6.07) is 15.2. The molecule has 0 unspecified atom stereocenters. The molecule has 0 saturated carbocycles. The number of ether oxygens (including phenoxy) is 1. The Morgan fingerprint density at radius 2 is 1.78 bits per heavy atom. The van der Waals surface area contributed by atoms with Crippen molar-refractivity contribution in [3.8, 4) is 17.0 Å². The molecule has 138 valence electrons. The van der Waals surface area contributed by atoms with Crippen molar-refractivity contribution in [2.45, 2.75) is 6.18 Å². The number of carbonyl (C=O) groups excluding carboxylic acids is 1. The SMILES string of the molecule is COc1cc(C(=O)Nc2ccccc2)ccc1-c1ncccc1C(F)(F)F. The van der Waals surface area contributed by atoms with Crippen molar-refractivity contribution in [3.05, 3.63) is 78.0 Å². The lowest BCUT2D eigenvalue weighted by Gasteiger charge is -2.15. The number of hydrogen-bond acceptors (Lipinski definition) is 3. The largest absolute Gasteiger partial charge is 0.496 e. The number of alkyl halides is 3. The van der Waals surface area contributed by atoms with Gasteiger partial charge in [-0.2, -0.15) is 13.2 Å². The maximum absolute atomic E-state index is 13.3. The van der Waals surface area contributed by atoms with Crippen molar-refractivity contribution >= 4 is 11.6 Å². The Balaban J connectivity index is 1.98. The van der Waals surface area contributed by atoms with Crippen molar-refractivity contribution in [2.24, 2.45) is 0 Å². The summed E-state index contributed by atoms with van der Waals surface area (Å²) >= 11 is 0. The highest BCUT2D eigenvalue weighted by molar-refractivity contribution is 6.05. The van der Waals surface area contributed by atoms with Gasteiger partial charge in [-0.05, 0) is 42.5 Å². The molecule has 0 aliphatic rings. The summed E-state index contributed by atoms with van der Waals surface area (Å²) in [7, 11) is 1.33. The van der Waals surface area contributed by atoms with Crippen LogP contribution in [0.15, 0.2) is 66.9 Å². The number of hydrogen-bond donors (Lipinski definition) is 1. The fraction of sp³-hybridized carbons (Fsp3) is 0.100. The summed E-state index contributed by atoms with van der Waals surface area (Å²) in [5.74, 6) is -0.275. The first-order valence-corrected chi connectivity index (χ1v) is 7.97. The minimum absolute atomic E-state index is 0.125. The van der Waals surface area contributed by atoms with Gasteiger partial charge >= 0.3 is 6.18 Å². The summed E-state index contributed by atoms with van der Waals surface area (Å²) in [6.45, 7) is 0. The molecule has 3 rings (SSSR count). The quantitative estimate of drug-likeness (QED) is 0.699. The highest BCUT2D eigenvalue weighted by Gasteiger charge is 2.35. The first kappa shape index (κ1) is 18.4. The maximum Gasteiger partial charge on any atom is 0.418 e. The zero-order valence-corrected chi connectivity index (χ0v) is 14.2. The molecule has 0 saturated heterocycles. The van der Waals surface area contributed by atoms with Gasteiger partial charge in [0, 0.05) is 23.0 Å². The number of methoxy groups -OCH3 is 1. The molecule has 1 N–H and O–H groups in total. The molecule has 0 fully saturated rings. The van der Waals surface area contributed by atoms with Gasteiger partial charge in [0.2, 0.25) is 0 Å². The number of benzene rings is 2. The molecule has 0 bridgehead atoms. The Labute approximate surface area is 153 Å². The lowest BCUT2D eigenvalue weighted by atomic mass is 10.0. The summed E-state index contributed by atoms with van der Waals surface area (Å²) in [6.07, 6.45) is -3.28. The number of halogens is 3. The molecular formula is C20H15F3N2O2. The van der Waals surface area contributed by atoms with Crippen LogP contribution in [0.2, 0.25) is 0 Å². The van der Waals surface area contributed by atoms with Gasteiger partial charge in [0.1, 0.15) is 5.75 Å². The van der Waals surface area contributed by atoms with Gasteiger partial charge in [0.25, 0.3) is 5.91 Å². The number of para-hydroxylation sites is 1. The van der Waals surface area contributed by atoms with E-state index in [0.717, 1.165) is 6.07 Å². The Hall–Kier alpha value is -3.35. The van der Waals surface area contributed by atoms with E-state index in [1.165, 1.54) is 37.6 Å². The number of nitrogens with zero attached hydrogens (tertiary/aromatic N) is 1. The van der Waals surface area contributed by atoms with Crippen LogP contribution in [0.3, 0.4) is 0 Å². The molecule has 0 radical (unpaired) electrons. The number of anilines is 1. The molecule has 2 aromatic carbocycles. The first-order chi connectivity index (χ1) is 12.9. The third-order valence-corrected chi connectivity index (χ3v) is 3.86. The van der Waals surface area contributed by atoms with E-state index >= 15 is 0 Å². The molecule has 3 aromatic rings. The Morgan fingerprint density at radius 3 is 2.44 bits per heavy atom. The van der Waals surface area contributed by atoms with Crippen LogP contribution in [0.25, 0.3) is 11.3 Å². The second-order valence-electron chi connectivity index (χ2n) is 5.63. The van der Waals surface area contributed by atoms with Gasteiger partial charge in [0.05, 0.1) is 18.4 Å². The standard InChI is InChI=1S/C20H15F3N2O2/c1-27-17-12-13(19(26)25-14-6-3-2-4-7-14)9-10-15(17)18-16(20(21,22)23)8-5-11-24-18/h2-12H,1H3,(H,25,26). The van der Waals surface area contributed by atoms with E-state index in [9.17, 15) is 18.0 Å². The van der Waals surface area contributed by atoms with E-state index in [1.54, 1.807) is 24.3 Å². The number of carbonyl (C=O) groups is 1. The van der Waals surface area contributed by atoms with E-state index in [1.807, 2.05) is 6.07 Å². The van der Waals surface area contributed by atoms with Crippen LogP contribution in [0.1, 0.15) is 15.9 Å². The fourth-order valence-corrected chi connectivity index (χ4v) is 2.60. The molecule has 0 aliphatic heterocycles. The van der Waals surface area contributed by atoms with Gasteiger partial charge in [-0.1, -0.05) is 18.2 Å². The van der Waals surface area contributed by atoms with Crippen molar-refractivity contribution in [3.63, 3.8) is 0 Å². The lowest BCUT2D eigenvalue weighted by Crippen LogP contribution is -2.12. The van der Waals surface area contributed by atoms with E-state index in [4.69, 9.17) is 4.74 Å². The van der Waals surface area contributed by atoms with E-state index in [0.29, 0.717) is 5.69 Å². The molecule has 1 heterocycles. The first-order valence-electron chi connectivity index (χ1n) is 7.97. The zero-order valence-electron chi connectivity index (χ0n) is 14.2. The Kier molecular flexibility index (Phi) is 5.12. The molecule has 1 amide bonds. The predicted octanol–water partition coefficient (Wildman–Crippen LogP) is 5.03. The predicted molar refractivity (Wildman–Crippen MR) is 95.6 cm³/mol. The molecule has 0 aliphatic carbocycles. The van der Waals surface area contributed by atoms with Crippen LogP contribution >= 0.6 is 0 Å². The van der Waals surface area contributed by atoms with Crippen LogP contribution in [0.5, 0.6) is 5.75 Å². The van der Waals surface area contributed by atoms with Crippen LogP contribution in [-0.4, -0.2) is 18.0 Å². The second kappa shape index (κ2) is 7.49. The molecule has 27 heavy (non-hydrogen) atoms. The van der Waals surface area contributed by atoms with Gasteiger partial charge in [0.15, 0.2) is 0 Å². The number of nitrogens with one attached hydrogen (secondary N) is 1. The van der Waals surface area contributed by atoms with Crippen molar-refractivity contribution in [1.29, 1.82) is 0 Å². The highest BCUT2D eigenvalue weighted by Crippen LogP contribution is 2.39. The number of pyridine rings is 1. The normalized spacial score (nSPS) is 11.1. The van der Waals surface area contributed by atoms with Crippen LogP contribution in [0, 0.1) is 0 Å². The van der Waals surface area contributed by atoms with Crippen LogP contribution in [0.4, 0.5) is 18.9 Å². The third-order valence-electron chi connectivity index (χ3n) is 3.86. The molecule has 1 aromatic heterocycles. The molecular weight excluding hydrogens is 357 g/mol. The topological polar surface area (TPSA) is 51.2 Å². The van der Waals surface area contributed by atoms with Crippen molar-refractivity contribution in [1.82, 2.24) is 4.98 Å².